The zero-order valence-electron chi connectivity index (χ0n) is 49.8. The summed E-state index contributed by atoms with van der Waals surface area (Å²) in [6.45, 7) is 9.05. The molecule has 0 aromatic rings. The van der Waals surface area contributed by atoms with Gasteiger partial charge >= 0.3 is 13.3 Å². The van der Waals surface area contributed by atoms with Gasteiger partial charge in [0.25, 0.3) is 17.9 Å². The molecule has 0 saturated heterocycles. The Morgan fingerprint density at radius 3 is 0.527 bits per heavy atom. The molecule has 74 heavy (non-hydrogen) atoms. The maximum absolute atomic E-state index is 12.7. The number of carbonyl (C=O) groups is 4. The molecule has 0 aromatic heterocycles. The van der Waals surface area contributed by atoms with Crippen LogP contribution in [0.2, 0.25) is 0 Å². The van der Waals surface area contributed by atoms with Gasteiger partial charge in [0.2, 0.25) is 0 Å². The summed E-state index contributed by atoms with van der Waals surface area (Å²) >= 11 is 0. The molecule has 1 radical (unpaired) electrons. The van der Waals surface area contributed by atoms with E-state index in [0.29, 0.717) is 6.42 Å². The van der Waals surface area contributed by atoms with Crippen molar-refractivity contribution >= 4 is 31.2 Å². The number of carbonyl (C=O) groups excluding carboxylic acids is 3. The number of carboxylic acid groups (broad SMARTS) is 1. The van der Waals surface area contributed by atoms with Crippen molar-refractivity contribution < 1.29 is 60.6 Å². The molecule has 0 aliphatic heterocycles. The van der Waals surface area contributed by atoms with E-state index in [1.54, 1.807) is 0 Å². The molecule has 443 valence electrons. The number of unbranched alkanes of at least 4 members (excludes halogenated alkanes) is 48. The van der Waals surface area contributed by atoms with E-state index in [1.165, 1.54) is 263 Å². The Hall–Kier alpha value is -1.31. The SMILES string of the molecule is CCCCCCCCCCCCCCCC(=O)O.CCCCCCCCCCCCCCCC(=O)OB(OC(=O)CCCCCCCCCCCCCCC)OC(=O)CCCCCCCCCCCCCCC.[Ag]. The second kappa shape index (κ2) is 67.8. The number of carboxylic acids is 1. The van der Waals surface area contributed by atoms with E-state index in [0.717, 1.165) is 70.6 Å². The molecule has 0 saturated carbocycles. The Labute approximate surface area is 476 Å². The van der Waals surface area contributed by atoms with Gasteiger partial charge in [-0.05, 0) is 25.7 Å². The van der Waals surface area contributed by atoms with Gasteiger partial charge in [0, 0.05) is 48.1 Å². The van der Waals surface area contributed by atoms with E-state index < -0.39 is 31.2 Å². The fourth-order valence-corrected chi connectivity index (χ4v) is 9.73. The number of hydrogen-bond acceptors (Lipinski definition) is 7. The van der Waals surface area contributed by atoms with E-state index in [2.05, 4.69) is 27.7 Å². The van der Waals surface area contributed by atoms with Crippen molar-refractivity contribution in [2.45, 2.75) is 387 Å². The molecule has 0 heterocycles. The van der Waals surface area contributed by atoms with Gasteiger partial charge in [-0.15, -0.1) is 0 Å². The first kappa shape index (κ1) is 76.9. The normalized spacial score (nSPS) is 10.9. The molecule has 0 unspecified atom stereocenters. The Balaban J connectivity index is -0.00000223. The zero-order valence-corrected chi connectivity index (χ0v) is 51.3. The van der Waals surface area contributed by atoms with Gasteiger partial charge in [-0.1, -0.05) is 336 Å². The first-order valence-electron chi connectivity index (χ1n) is 32.6. The molecule has 0 aromatic carbocycles. The van der Waals surface area contributed by atoms with Gasteiger partial charge in [-0.3, -0.25) is 19.2 Å². The van der Waals surface area contributed by atoms with Crippen LogP contribution in [0.5, 0.6) is 0 Å². The summed E-state index contributed by atoms with van der Waals surface area (Å²) in [6, 6.07) is 0. The number of hydrogen-bond donors (Lipinski definition) is 1. The van der Waals surface area contributed by atoms with Crippen LogP contribution in [0.15, 0.2) is 0 Å². The zero-order chi connectivity index (χ0) is 53.6. The van der Waals surface area contributed by atoms with Gasteiger partial charge in [-0.25, -0.2) is 0 Å². The van der Waals surface area contributed by atoms with Crippen molar-refractivity contribution in [3.8, 4) is 0 Å². The third-order valence-corrected chi connectivity index (χ3v) is 14.6. The van der Waals surface area contributed by atoms with Crippen molar-refractivity contribution in [3.05, 3.63) is 0 Å². The van der Waals surface area contributed by atoms with E-state index in [4.69, 9.17) is 19.1 Å². The average molecular weight is 1140 g/mol. The first-order chi connectivity index (χ1) is 35.8. The predicted molar refractivity (Wildman–Crippen MR) is 313 cm³/mol. The Morgan fingerprint density at radius 1 is 0.243 bits per heavy atom. The molecule has 0 spiro atoms. The minimum atomic E-state index is -1.58. The van der Waals surface area contributed by atoms with E-state index in [-0.39, 0.29) is 41.6 Å². The predicted octanol–water partition coefficient (Wildman–Crippen LogP) is 21.6. The summed E-state index contributed by atoms with van der Waals surface area (Å²) in [5.74, 6) is -2.08. The summed E-state index contributed by atoms with van der Waals surface area (Å²) < 4.78 is 16.2. The van der Waals surface area contributed by atoms with Crippen molar-refractivity contribution in [3.63, 3.8) is 0 Å². The van der Waals surface area contributed by atoms with Gasteiger partial charge in [0.05, 0.1) is 0 Å². The molecule has 0 aliphatic carbocycles. The van der Waals surface area contributed by atoms with Crippen LogP contribution in [-0.4, -0.2) is 36.3 Å². The molecule has 0 fully saturated rings. The summed E-state index contributed by atoms with van der Waals surface area (Å²) in [6.07, 6.45) is 66.0. The van der Waals surface area contributed by atoms with Crippen LogP contribution in [0.4, 0.5) is 0 Å². The quantitative estimate of drug-likeness (QED) is 0.0473. The molecule has 0 bridgehead atoms. The van der Waals surface area contributed by atoms with Gasteiger partial charge in [-0.2, -0.15) is 0 Å². The molecular formula is C64H125AgBO8. The monoisotopic (exact) mass is 1140 g/mol. The number of aliphatic carboxylic acids is 1. The van der Waals surface area contributed by atoms with Crippen LogP contribution in [0.3, 0.4) is 0 Å². The van der Waals surface area contributed by atoms with Crippen molar-refractivity contribution in [2.24, 2.45) is 0 Å². The second-order valence-corrected chi connectivity index (χ2v) is 22.1. The second-order valence-electron chi connectivity index (χ2n) is 22.1. The molecule has 0 atom stereocenters. The summed E-state index contributed by atoms with van der Waals surface area (Å²) in [4.78, 5) is 48.4. The van der Waals surface area contributed by atoms with Gasteiger partial charge in [0.15, 0.2) is 0 Å². The smallest absolute Gasteiger partial charge is 0.481 e. The molecule has 8 nitrogen and oxygen atoms in total. The molecule has 0 aliphatic rings. The van der Waals surface area contributed by atoms with Crippen LogP contribution in [0.1, 0.15) is 387 Å². The summed E-state index contributed by atoms with van der Waals surface area (Å²) in [5.41, 5.74) is 0. The topological polar surface area (TPSA) is 116 Å². The molecular weight excluding hydrogens is 1020 g/mol. The third kappa shape index (κ3) is 68.7. The van der Waals surface area contributed by atoms with Crippen LogP contribution in [0.25, 0.3) is 0 Å². The molecule has 1 N–H and O–H groups in total. The number of rotatable bonds is 59. The minimum Gasteiger partial charge on any atom is -0.481 e. The Kier molecular flexibility index (Phi) is 70.5. The Bertz CT molecular complexity index is 1040. The van der Waals surface area contributed by atoms with Gasteiger partial charge in [0.1, 0.15) is 0 Å². The van der Waals surface area contributed by atoms with Crippen molar-refractivity contribution in [2.75, 3.05) is 0 Å². The standard InChI is InChI=1S/C48H93BO6.C16H32O2.Ag/c1-4-7-10-13-16-19-22-25-28-31-34-37-40-43-46(50)53-49(54-47(51)44-41-38-35-32-29-26-23-20-17-14-11-8-5-2)55-48(52)45-42-39-36-33-30-27-24-21-18-15-12-9-6-3;1-2-3-4-5-6-7-8-9-10-11-12-13-14-15-16(17)18;/h4-45H2,1-3H3;2-15H2,1H3,(H,17,18);. The van der Waals surface area contributed by atoms with E-state index >= 15 is 0 Å². The third-order valence-electron chi connectivity index (χ3n) is 14.6. The summed E-state index contributed by atoms with van der Waals surface area (Å²) in [5, 5.41) is 8.49. The molecule has 10 heteroatoms. The first-order valence-corrected chi connectivity index (χ1v) is 32.6. The largest absolute Gasteiger partial charge is 0.870 e. The van der Waals surface area contributed by atoms with E-state index in [1.807, 2.05) is 0 Å². The van der Waals surface area contributed by atoms with Crippen LogP contribution >= 0.6 is 0 Å². The maximum atomic E-state index is 12.7. The average Bonchev–Trinajstić information content (AvgIpc) is 3.37. The summed E-state index contributed by atoms with van der Waals surface area (Å²) in [7, 11) is -1.58. The van der Waals surface area contributed by atoms with Crippen LogP contribution in [0, 0.1) is 0 Å². The van der Waals surface area contributed by atoms with Crippen LogP contribution in [-0.2, 0) is 55.5 Å². The fourth-order valence-electron chi connectivity index (χ4n) is 9.73. The molecule has 0 rings (SSSR count). The Morgan fingerprint density at radius 2 is 0.378 bits per heavy atom. The molecule has 0 amide bonds. The van der Waals surface area contributed by atoms with Crippen molar-refractivity contribution in [1.29, 1.82) is 0 Å². The maximum Gasteiger partial charge on any atom is 0.870 e. The minimum absolute atomic E-state index is 0. The van der Waals surface area contributed by atoms with Gasteiger partial charge < -0.3 is 19.1 Å². The fraction of sp³-hybridized carbons (Fsp3) is 0.938. The van der Waals surface area contributed by atoms with Crippen molar-refractivity contribution in [1.82, 2.24) is 0 Å². The van der Waals surface area contributed by atoms with E-state index in [9.17, 15) is 19.2 Å². The van der Waals surface area contributed by atoms with Crippen LogP contribution < -0.4 is 0 Å².